The zero-order chi connectivity index (χ0) is 19.2. The minimum absolute atomic E-state index is 0.0269. The molecule has 0 saturated carbocycles. The van der Waals surface area contributed by atoms with Crippen LogP contribution in [0, 0.1) is 5.41 Å². The van der Waals surface area contributed by atoms with Crippen LogP contribution in [0.4, 0.5) is 0 Å². The molecule has 136 valence electrons. The largest absolute Gasteiger partial charge is 0.497 e. The van der Waals surface area contributed by atoms with Gasteiger partial charge in [0.25, 0.3) is 5.91 Å². The van der Waals surface area contributed by atoms with Crippen LogP contribution < -0.4 is 15.8 Å². The second kappa shape index (κ2) is 8.19. The lowest BCUT2D eigenvalue weighted by molar-refractivity contribution is 0.0951. The van der Waals surface area contributed by atoms with Gasteiger partial charge in [-0.2, -0.15) is 0 Å². The number of hydrogen-bond acceptors (Lipinski definition) is 3. The van der Waals surface area contributed by atoms with E-state index >= 15 is 0 Å². The maximum atomic E-state index is 12.7. The third-order valence-electron chi connectivity index (χ3n) is 4.29. The first-order chi connectivity index (χ1) is 13.1. The van der Waals surface area contributed by atoms with Gasteiger partial charge in [-0.25, -0.2) is 0 Å². The normalized spacial score (nSPS) is 10.3. The van der Waals surface area contributed by atoms with Crippen molar-refractivity contribution in [3.63, 3.8) is 0 Å². The van der Waals surface area contributed by atoms with E-state index in [1.54, 1.807) is 19.2 Å². The number of ether oxygens (including phenoxy) is 1. The number of amidine groups is 1. The minimum atomic E-state index is -0.142. The molecule has 5 nitrogen and oxygen atoms in total. The van der Waals surface area contributed by atoms with Gasteiger partial charge in [-0.3, -0.25) is 10.2 Å². The molecule has 0 aromatic heterocycles. The fourth-order valence-corrected chi connectivity index (χ4v) is 2.78. The molecule has 0 bridgehead atoms. The van der Waals surface area contributed by atoms with Gasteiger partial charge in [-0.15, -0.1) is 0 Å². The fraction of sp³-hybridized carbons (Fsp3) is 0.0909. The number of carbonyl (C=O) groups is 1. The van der Waals surface area contributed by atoms with Crippen LogP contribution in [0.15, 0.2) is 72.8 Å². The Balaban J connectivity index is 1.75. The molecule has 0 radical (unpaired) electrons. The first-order valence-electron chi connectivity index (χ1n) is 8.53. The molecule has 0 aliphatic heterocycles. The monoisotopic (exact) mass is 359 g/mol. The lowest BCUT2D eigenvalue weighted by Gasteiger charge is -2.11. The van der Waals surface area contributed by atoms with Crippen LogP contribution in [0.5, 0.6) is 5.75 Å². The topological polar surface area (TPSA) is 88.2 Å². The molecule has 0 atom stereocenters. The van der Waals surface area contributed by atoms with Gasteiger partial charge in [-0.05, 0) is 34.9 Å². The summed E-state index contributed by atoms with van der Waals surface area (Å²) in [5.41, 5.74) is 9.49. The van der Waals surface area contributed by atoms with E-state index in [9.17, 15) is 4.79 Å². The smallest absolute Gasteiger partial charge is 0.252 e. The van der Waals surface area contributed by atoms with Crippen LogP contribution in [0.3, 0.4) is 0 Å². The molecule has 27 heavy (non-hydrogen) atoms. The zero-order valence-electron chi connectivity index (χ0n) is 15.0. The number of nitrogen functional groups attached to an aromatic ring is 1. The number of nitrogens with one attached hydrogen (secondary N) is 2. The van der Waals surface area contributed by atoms with Crippen LogP contribution in [0.2, 0.25) is 0 Å². The third kappa shape index (κ3) is 4.33. The minimum Gasteiger partial charge on any atom is -0.497 e. The Morgan fingerprint density at radius 2 is 1.67 bits per heavy atom. The highest BCUT2D eigenvalue weighted by Crippen LogP contribution is 2.25. The summed E-state index contributed by atoms with van der Waals surface area (Å²) in [7, 11) is 1.62. The Labute approximate surface area is 158 Å². The van der Waals surface area contributed by atoms with Gasteiger partial charge in [0.15, 0.2) is 0 Å². The van der Waals surface area contributed by atoms with Crippen molar-refractivity contribution in [2.24, 2.45) is 5.73 Å². The number of benzene rings is 3. The molecule has 1 amide bonds. The summed E-state index contributed by atoms with van der Waals surface area (Å²) >= 11 is 0. The molecule has 4 N–H and O–H groups in total. The summed E-state index contributed by atoms with van der Waals surface area (Å²) in [6.07, 6.45) is 0. The second-order valence-corrected chi connectivity index (χ2v) is 6.07. The van der Waals surface area contributed by atoms with Gasteiger partial charge in [0, 0.05) is 17.7 Å². The van der Waals surface area contributed by atoms with E-state index in [-0.39, 0.29) is 11.7 Å². The number of rotatable bonds is 6. The van der Waals surface area contributed by atoms with Crippen molar-refractivity contribution >= 4 is 11.7 Å². The van der Waals surface area contributed by atoms with Gasteiger partial charge in [0.1, 0.15) is 11.6 Å². The van der Waals surface area contributed by atoms with Crippen LogP contribution in [0.25, 0.3) is 11.1 Å². The number of methoxy groups -OCH3 is 1. The second-order valence-electron chi connectivity index (χ2n) is 6.07. The number of hydrogen-bond donors (Lipinski definition) is 3. The van der Waals surface area contributed by atoms with Crippen molar-refractivity contribution in [1.82, 2.24) is 5.32 Å². The standard InChI is InChI=1S/C22H21N3O2/c1-27-18-12-10-16(11-13-18)19-4-2-3-5-20(19)22(26)25-14-15-6-8-17(9-7-15)21(23)24/h2-13H,14H2,1H3,(H3,23,24)(H,25,26). The predicted octanol–water partition coefficient (Wildman–Crippen LogP) is 3.58. The quantitative estimate of drug-likeness (QED) is 0.464. The van der Waals surface area contributed by atoms with Gasteiger partial charge in [0.05, 0.1) is 7.11 Å². The lowest BCUT2D eigenvalue weighted by Crippen LogP contribution is -2.23. The molecule has 5 heteroatoms. The highest BCUT2D eigenvalue weighted by atomic mass is 16.5. The molecule has 0 heterocycles. The maximum absolute atomic E-state index is 12.7. The van der Waals surface area contributed by atoms with Crippen LogP contribution in [-0.2, 0) is 6.54 Å². The highest BCUT2D eigenvalue weighted by molar-refractivity contribution is 6.01. The molecule has 0 fully saturated rings. The van der Waals surface area contributed by atoms with Crippen LogP contribution >= 0.6 is 0 Å². The van der Waals surface area contributed by atoms with E-state index in [1.165, 1.54) is 0 Å². The SMILES string of the molecule is COc1ccc(-c2ccccc2C(=O)NCc2ccc(C(=N)N)cc2)cc1. The summed E-state index contributed by atoms with van der Waals surface area (Å²) in [5.74, 6) is 0.658. The molecule has 3 aromatic rings. The fourth-order valence-electron chi connectivity index (χ4n) is 2.78. The van der Waals surface area contributed by atoms with E-state index in [0.29, 0.717) is 17.7 Å². The Kier molecular flexibility index (Phi) is 5.52. The molecule has 0 saturated heterocycles. The molecule has 0 unspecified atom stereocenters. The molecular weight excluding hydrogens is 338 g/mol. The first-order valence-corrected chi connectivity index (χ1v) is 8.53. The van der Waals surface area contributed by atoms with Crippen molar-refractivity contribution in [2.75, 3.05) is 7.11 Å². The lowest BCUT2D eigenvalue weighted by atomic mass is 9.99. The van der Waals surface area contributed by atoms with Gasteiger partial charge < -0.3 is 15.8 Å². The van der Waals surface area contributed by atoms with E-state index in [0.717, 1.165) is 22.4 Å². The Hall–Kier alpha value is -3.60. The van der Waals surface area contributed by atoms with Gasteiger partial charge in [0.2, 0.25) is 0 Å². The summed E-state index contributed by atoms with van der Waals surface area (Å²) in [6, 6.07) is 22.4. The van der Waals surface area contributed by atoms with Crippen molar-refractivity contribution in [3.05, 3.63) is 89.5 Å². The molecule has 0 aliphatic rings. The average molecular weight is 359 g/mol. The average Bonchev–Trinajstić information content (AvgIpc) is 2.72. The van der Waals surface area contributed by atoms with Crippen molar-refractivity contribution < 1.29 is 9.53 Å². The predicted molar refractivity (Wildman–Crippen MR) is 107 cm³/mol. The van der Waals surface area contributed by atoms with Gasteiger partial charge >= 0.3 is 0 Å². The Bertz CT molecular complexity index is 948. The van der Waals surface area contributed by atoms with E-state index in [2.05, 4.69) is 5.32 Å². The number of amides is 1. The summed E-state index contributed by atoms with van der Waals surface area (Å²) in [4.78, 5) is 12.7. The first kappa shape index (κ1) is 18.2. The van der Waals surface area contributed by atoms with Crippen molar-refractivity contribution in [1.29, 1.82) is 5.41 Å². The maximum Gasteiger partial charge on any atom is 0.252 e. The number of nitrogens with two attached hydrogens (primary N) is 1. The van der Waals surface area contributed by atoms with Gasteiger partial charge in [-0.1, -0.05) is 54.6 Å². The van der Waals surface area contributed by atoms with E-state index in [4.69, 9.17) is 15.9 Å². The van der Waals surface area contributed by atoms with Crippen molar-refractivity contribution in [3.8, 4) is 16.9 Å². The molecule has 0 aliphatic carbocycles. The van der Waals surface area contributed by atoms with E-state index in [1.807, 2.05) is 60.7 Å². The summed E-state index contributed by atoms with van der Waals surface area (Å²) < 4.78 is 5.19. The van der Waals surface area contributed by atoms with E-state index < -0.39 is 0 Å². The van der Waals surface area contributed by atoms with Crippen LogP contribution in [-0.4, -0.2) is 18.9 Å². The molecule has 0 spiro atoms. The zero-order valence-corrected chi connectivity index (χ0v) is 15.0. The summed E-state index contributed by atoms with van der Waals surface area (Å²) in [6.45, 7) is 0.397. The Morgan fingerprint density at radius 3 is 2.30 bits per heavy atom. The Morgan fingerprint density at radius 1 is 1.00 bits per heavy atom. The molecular formula is C22H21N3O2. The van der Waals surface area contributed by atoms with Crippen LogP contribution in [0.1, 0.15) is 21.5 Å². The number of carbonyl (C=O) groups excluding carboxylic acids is 1. The summed E-state index contributed by atoms with van der Waals surface area (Å²) in [5, 5.41) is 10.4. The molecule has 3 rings (SSSR count). The molecule has 3 aromatic carbocycles. The van der Waals surface area contributed by atoms with Crippen molar-refractivity contribution in [2.45, 2.75) is 6.54 Å². The highest BCUT2D eigenvalue weighted by Gasteiger charge is 2.12. The third-order valence-corrected chi connectivity index (χ3v) is 4.29.